The van der Waals surface area contributed by atoms with E-state index in [-0.39, 0.29) is 6.04 Å². The second-order valence-electron chi connectivity index (χ2n) is 7.05. The standard InChI is InChI=1S/C19H24N4/c1-12-5-4-10-20-17(12)18(15-8-9-15)23-19-21-13(2)11-16(22-19)14-6-3-7-14/h4-5,10-11,14-15,18H,3,6-9H2,1-2H3,(H,21,22,23)/t18-/m1/s1. The van der Waals surface area contributed by atoms with Gasteiger partial charge in [0.1, 0.15) is 0 Å². The van der Waals surface area contributed by atoms with E-state index in [1.807, 2.05) is 12.3 Å². The fourth-order valence-electron chi connectivity index (χ4n) is 3.37. The van der Waals surface area contributed by atoms with Crippen molar-refractivity contribution in [1.29, 1.82) is 0 Å². The van der Waals surface area contributed by atoms with Crippen molar-refractivity contribution in [3.8, 4) is 0 Å². The summed E-state index contributed by atoms with van der Waals surface area (Å²) in [6.45, 7) is 4.20. The highest BCUT2D eigenvalue weighted by Crippen LogP contribution is 2.43. The van der Waals surface area contributed by atoms with Crippen LogP contribution in [0.5, 0.6) is 0 Å². The van der Waals surface area contributed by atoms with Crippen molar-refractivity contribution >= 4 is 5.95 Å². The summed E-state index contributed by atoms with van der Waals surface area (Å²) >= 11 is 0. The molecule has 0 spiro atoms. The van der Waals surface area contributed by atoms with Crippen LogP contribution in [0.2, 0.25) is 0 Å². The molecule has 1 N–H and O–H groups in total. The summed E-state index contributed by atoms with van der Waals surface area (Å²) < 4.78 is 0. The molecule has 2 fully saturated rings. The van der Waals surface area contributed by atoms with Crippen LogP contribution >= 0.6 is 0 Å². The molecule has 4 rings (SSSR count). The van der Waals surface area contributed by atoms with E-state index in [9.17, 15) is 0 Å². The Morgan fingerprint density at radius 2 is 1.96 bits per heavy atom. The SMILES string of the molecule is Cc1cc(C2CCC2)nc(N[C@@H](c2ncccc2C)C2CC2)n1. The Balaban J connectivity index is 1.62. The molecule has 1 atom stereocenters. The van der Waals surface area contributed by atoms with Gasteiger partial charge in [-0.05, 0) is 63.1 Å². The van der Waals surface area contributed by atoms with Crippen LogP contribution in [0.25, 0.3) is 0 Å². The van der Waals surface area contributed by atoms with Crippen molar-refractivity contribution < 1.29 is 0 Å². The number of nitrogens with one attached hydrogen (secondary N) is 1. The molecule has 2 aromatic rings. The number of aromatic nitrogens is 3. The number of hydrogen-bond acceptors (Lipinski definition) is 4. The second kappa shape index (κ2) is 5.91. The van der Waals surface area contributed by atoms with E-state index >= 15 is 0 Å². The summed E-state index contributed by atoms with van der Waals surface area (Å²) in [6.07, 6.45) is 8.26. The van der Waals surface area contributed by atoms with Crippen LogP contribution < -0.4 is 5.32 Å². The summed E-state index contributed by atoms with van der Waals surface area (Å²) in [5, 5.41) is 3.60. The zero-order valence-electron chi connectivity index (χ0n) is 13.9. The Labute approximate surface area is 137 Å². The molecule has 2 saturated carbocycles. The minimum absolute atomic E-state index is 0.229. The minimum Gasteiger partial charge on any atom is -0.346 e. The van der Waals surface area contributed by atoms with Crippen molar-refractivity contribution in [2.45, 2.75) is 57.9 Å². The summed E-state index contributed by atoms with van der Waals surface area (Å²) in [6, 6.07) is 6.51. The number of nitrogens with zero attached hydrogens (tertiary/aromatic N) is 3. The molecule has 2 aliphatic carbocycles. The average molecular weight is 308 g/mol. The Hall–Kier alpha value is -1.97. The monoisotopic (exact) mass is 308 g/mol. The molecular formula is C19H24N4. The average Bonchev–Trinajstić information content (AvgIpc) is 3.28. The molecule has 0 unspecified atom stereocenters. The van der Waals surface area contributed by atoms with Crippen molar-refractivity contribution in [2.75, 3.05) is 5.32 Å². The molecule has 0 aromatic carbocycles. The van der Waals surface area contributed by atoms with Crippen LogP contribution in [-0.2, 0) is 0 Å². The highest BCUT2D eigenvalue weighted by molar-refractivity contribution is 5.36. The van der Waals surface area contributed by atoms with Gasteiger partial charge in [0.2, 0.25) is 5.95 Å². The lowest BCUT2D eigenvalue weighted by atomic mass is 9.83. The van der Waals surface area contributed by atoms with E-state index in [1.165, 1.54) is 43.4 Å². The Morgan fingerprint density at radius 1 is 1.13 bits per heavy atom. The van der Waals surface area contributed by atoms with Crippen LogP contribution in [0.15, 0.2) is 24.4 Å². The van der Waals surface area contributed by atoms with Gasteiger partial charge in [-0.15, -0.1) is 0 Å². The molecule has 120 valence electrons. The molecule has 0 bridgehead atoms. The molecule has 0 radical (unpaired) electrons. The summed E-state index contributed by atoms with van der Waals surface area (Å²) in [5.41, 5.74) is 4.64. The van der Waals surface area contributed by atoms with Gasteiger partial charge in [0.15, 0.2) is 0 Å². The second-order valence-corrected chi connectivity index (χ2v) is 7.05. The third kappa shape index (κ3) is 3.07. The van der Waals surface area contributed by atoms with Gasteiger partial charge in [-0.2, -0.15) is 0 Å². The number of hydrogen-bond donors (Lipinski definition) is 1. The molecule has 2 aliphatic rings. The lowest BCUT2D eigenvalue weighted by molar-refractivity contribution is 0.410. The van der Waals surface area contributed by atoms with Gasteiger partial charge in [-0.1, -0.05) is 12.5 Å². The molecular weight excluding hydrogens is 284 g/mol. The van der Waals surface area contributed by atoms with Crippen molar-refractivity contribution in [3.05, 3.63) is 47.0 Å². The van der Waals surface area contributed by atoms with Gasteiger partial charge < -0.3 is 5.32 Å². The van der Waals surface area contributed by atoms with Gasteiger partial charge >= 0.3 is 0 Å². The van der Waals surface area contributed by atoms with Crippen LogP contribution in [0.4, 0.5) is 5.95 Å². The summed E-state index contributed by atoms with van der Waals surface area (Å²) in [7, 11) is 0. The van der Waals surface area contributed by atoms with E-state index < -0.39 is 0 Å². The highest BCUT2D eigenvalue weighted by Gasteiger charge is 2.34. The van der Waals surface area contributed by atoms with Crippen LogP contribution in [0, 0.1) is 19.8 Å². The van der Waals surface area contributed by atoms with E-state index in [0.717, 1.165) is 17.3 Å². The maximum Gasteiger partial charge on any atom is 0.223 e. The molecule has 23 heavy (non-hydrogen) atoms. The Kier molecular flexibility index (Phi) is 3.76. The van der Waals surface area contributed by atoms with Crippen LogP contribution in [0.3, 0.4) is 0 Å². The molecule has 0 saturated heterocycles. The molecule has 4 heteroatoms. The summed E-state index contributed by atoms with van der Waals surface area (Å²) in [5.74, 6) is 2.06. The smallest absolute Gasteiger partial charge is 0.223 e. The molecule has 0 amide bonds. The van der Waals surface area contributed by atoms with E-state index in [1.54, 1.807) is 0 Å². The van der Waals surface area contributed by atoms with E-state index in [4.69, 9.17) is 4.98 Å². The van der Waals surface area contributed by atoms with Crippen LogP contribution in [-0.4, -0.2) is 15.0 Å². The lowest BCUT2D eigenvalue weighted by Crippen LogP contribution is -2.19. The maximum absolute atomic E-state index is 4.81. The normalized spacial score (nSPS) is 19.2. The molecule has 2 aromatic heterocycles. The topological polar surface area (TPSA) is 50.7 Å². The zero-order valence-corrected chi connectivity index (χ0v) is 13.9. The zero-order chi connectivity index (χ0) is 15.8. The van der Waals surface area contributed by atoms with E-state index in [2.05, 4.69) is 41.3 Å². The predicted molar refractivity (Wildman–Crippen MR) is 91.4 cm³/mol. The highest BCUT2D eigenvalue weighted by atomic mass is 15.1. The first-order valence-electron chi connectivity index (χ1n) is 8.74. The maximum atomic E-state index is 4.81. The number of aryl methyl sites for hydroxylation is 2. The third-order valence-electron chi connectivity index (χ3n) is 5.12. The largest absolute Gasteiger partial charge is 0.346 e. The number of rotatable bonds is 5. The molecule has 0 aliphatic heterocycles. The first-order chi connectivity index (χ1) is 11.2. The third-order valence-corrected chi connectivity index (χ3v) is 5.12. The predicted octanol–water partition coefficient (Wildman–Crippen LogP) is 4.32. The van der Waals surface area contributed by atoms with Gasteiger partial charge in [0.05, 0.1) is 11.7 Å². The van der Waals surface area contributed by atoms with Gasteiger partial charge in [-0.3, -0.25) is 4.98 Å². The molecule has 4 nitrogen and oxygen atoms in total. The first-order valence-corrected chi connectivity index (χ1v) is 8.74. The number of pyridine rings is 1. The van der Waals surface area contributed by atoms with Gasteiger partial charge in [-0.25, -0.2) is 9.97 Å². The van der Waals surface area contributed by atoms with Crippen molar-refractivity contribution in [1.82, 2.24) is 15.0 Å². The Morgan fingerprint density at radius 3 is 2.61 bits per heavy atom. The van der Waals surface area contributed by atoms with Crippen molar-refractivity contribution in [3.63, 3.8) is 0 Å². The van der Waals surface area contributed by atoms with Gasteiger partial charge in [0.25, 0.3) is 0 Å². The first kappa shape index (κ1) is 14.6. The molecule has 2 heterocycles. The summed E-state index contributed by atoms with van der Waals surface area (Å²) in [4.78, 5) is 14.1. The Bertz CT molecular complexity index is 704. The fourth-order valence-corrected chi connectivity index (χ4v) is 3.37. The van der Waals surface area contributed by atoms with E-state index in [0.29, 0.717) is 11.8 Å². The van der Waals surface area contributed by atoms with Crippen LogP contribution in [0.1, 0.15) is 66.7 Å². The minimum atomic E-state index is 0.229. The van der Waals surface area contributed by atoms with Crippen molar-refractivity contribution in [2.24, 2.45) is 5.92 Å². The lowest BCUT2D eigenvalue weighted by Gasteiger charge is -2.26. The number of anilines is 1. The fraction of sp³-hybridized carbons (Fsp3) is 0.526. The quantitative estimate of drug-likeness (QED) is 0.893. The van der Waals surface area contributed by atoms with Gasteiger partial charge in [0, 0.05) is 23.5 Å².